The molecule has 3 aromatic carbocycles. The van der Waals surface area contributed by atoms with Crippen LogP contribution in [0.25, 0.3) is 0 Å². The van der Waals surface area contributed by atoms with E-state index in [0.29, 0.717) is 24.2 Å². The summed E-state index contributed by atoms with van der Waals surface area (Å²) in [5, 5.41) is 0. The summed E-state index contributed by atoms with van der Waals surface area (Å²) < 4.78 is 0. The molecule has 0 saturated carbocycles. The van der Waals surface area contributed by atoms with Crippen LogP contribution in [0.5, 0.6) is 0 Å². The number of benzene rings is 3. The number of para-hydroxylation sites is 1. The lowest BCUT2D eigenvalue weighted by Crippen LogP contribution is -2.29. The number of carbonyl (C=O) groups excluding carboxylic acids is 2. The second-order valence-corrected chi connectivity index (χ2v) is 7.91. The zero-order chi connectivity index (χ0) is 20.4. The normalized spacial score (nSPS) is 18.6. The van der Waals surface area contributed by atoms with E-state index in [0.717, 1.165) is 16.8 Å². The van der Waals surface area contributed by atoms with Crippen LogP contribution in [0.4, 0.5) is 5.69 Å². The van der Waals surface area contributed by atoms with Gasteiger partial charge in [-0.3, -0.25) is 9.59 Å². The molecule has 0 amide bonds. The van der Waals surface area contributed by atoms with Crippen LogP contribution < -0.4 is 4.90 Å². The lowest BCUT2D eigenvalue weighted by molar-refractivity contribution is 0.0809. The molecule has 146 valence electrons. The molecule has 0 radical (unpaired) electrons. The molecule has 0 aromatic heterocycles. The molecule has 0 spiro atoms. The average Bonchev–Trinajstić information content (AvgIpc) is 3.20. The van der Waals surface area contributed by atoms with Crippen molar-refractivity contribution in [2.45, 2.75) is 13.8 Å². The fourth-order valence-corrected chi connectivity index (χ4v) is 4.05. The van der Waals surface area contributed by atoms with E-state index in [1.165, 1.54) is 0 Å². The average molecular weight is 383 g/mol. The Labute approximate surface area is 172 Å². The van der Waals surface area contributed by atoms with E-state index >= 15 is 0 Å². The van der Waals surface area contributed by atoms with E-state index in [2.05, 4.69) is 4.90 Å². The molecule has 0 unspecified atom stereocenters. The molecular formula is C26H25NO2. The Hall–Kier alpha value is -3.20. The second-order valence-electron chi connectivity index (χ2n) is 7.91. The van der Waals surface area contributed by atoms with E-state index in [1.54, 1.807) is 0 Å². The number of nitrogens with zero attached hydrogens (tertiary/aromatic N) is 1. The van der Waals surface area contributed by atoms with Crippen LogP contribution in [-0.4, -0.2) is 24.7 Å². The highest BCUT2D eigenvalue weighted by Crippen LogP contribution is 2.33. The fraction of sp³-hybridized carbons (Fsp3) is 0.231. The number of rotatable bonds is 5. The van der Waals surface area contributed by atoms with Crippen molar-refractivity contribution >= 4 is 17.3 Å². The quantitative estimate of drug-likeness (QED) is 0.574. The number of hydrogen-bond acceptors (Lipinski definition) is 3. The molecule has 1 aliphatic rings. The molecule has 1 aliphatic heterocycles. The molecular weight excluding hydrogens is 358 g/mol. The number of hydrogen-bond donors (Lipinski definition) is 0. The van der Waals surface area contributed by atoms with Crippen LogP contribution >= 0.6 is 0 Å². The van der Waals surface area contributed by atoms with Crippen LogP contribution in [0.2, 0.25) is 0 Å². The lowest BCUT2D eigenvalue weighted by Gasteiger charge is -2.18. The third-order valence-electron chi connectivity index (χ3n) is 5.79. The third kappa shape index (κ3) is 4.00. The standard InChI is InChI=1S/C26H25NO2/c1-18-8-12-20(13-9-18)25(28)23-16-27(22-6-4-3-5-7-22)17-24(23)26(29)21-14-10-19(2)11-15-21/h3-15,23-24H,16-17H2,1-2H3/t23-,24-/m1/s1. The van der Waals surface area contributed by atoms with Gasteiger partial charge in [-0.2, -0.15) is 0 Å². The maximum Gasteiger partial charge on any atom is 0.168 e. The predicted octanol–water partition coefficient (Wildman–Crippen LogP) is 5.12. The van der Waals surface area contributed by atoms with Crippen molar-refractivity contribution in [2.24, 2.45) is 11.8 Å². The smallest absolute Gasteiger partial charge is 0.168 e. The molecule has 1 heterocycles. The van der Waals surface area contributed by atoms with Gasteiger partial charge in [-0.1, -0.05) is 77.9 Å². The summed E-state index contributed by atoms with van der Waals surface area (Å²) in [7, 11) is 0. The van der Waals surface area contributed by atoms with Gasteiger partial charge in [0.2, 0.25) is 0 Å². The minimum Gasteiger partial charge on any atom is -0.370 e. The molecule has 3 nitrogen and oxygen atoms in total. The molecule has 2 atom stereocenters. The van der Waals surface area contributed by atoms with Gasteiger partial charge in [0, 0.05) is 29.9 Å². The lowest BCUT2D eigenvalue weighted by atomic mass is 9.83. The number of Topliss-reactive ketones (excluding diaryl/α,β-unsaturated/α-hetero) is 2. The number of ketones is 2. The molecule has 0 bridgehead atoms. The molecule has 0 N–H and O–H groups in total. The Morgan fingerprint density at radius 3 is 1.48 bits per heavy atom. The monoisotopic (exact) mass is 383 g/mol. The maximum atomic E-state index is 13.4. The maximum absolute atomic E-state index is 13.4. The second kappa shape index (κ2) is 8.04. The van der Waals surface area contributed by atoms with E-state index in [4.69, 9.17) is 0 Å². The van der Waals surface area contributed by atoms with Gasteiger partial charge in [0.1, 0.15) is 0 Å². The molecule has 4 rings (SSSR count). The van der Waals surface area contributed by atoms with Crippen LogP contribution in [0.3, 0.4) is 0 Å². The van der Waals surface area contributed by atoms with Crippen LogP contribution in [0.15, 0.2) is 78.9 Å². The first-order valence-corrected chi connectivity index (χ1v) is 10.0. The molecule has 29 heavy (non-hydrogen) atoms. The summed E-state index contributed by atoms with van der Waals surface area (Å²) in [6.45, 7) is 5.12. The van der Waals surface area contributed by atoms with E-state index in [1.807, 2.05) is 92.7 Å². The number of aryl methyl sites for hydroxylation is 2. The summed E-state index contributed by atoms with van der Waals surface area (Å²) in [6.07, 6.45) is 0. The van der Waals surface area contributed by atoms with Crippen molar-refractivity contribution in [3.05, 3.63) is 101 Å². The minimum atomic E-state index is -0.355. The Morgan fingerprint density at radius 1 is 0.655 bits per heavy atom. The molecule has 1 fully saturated rings. The van der Waals surface area contributed by atoms with Crippen molar-refractivity contribution in [3.8, 4) is 0 Å². The predicted molar refractivity (Wildman–Crippen MR) is 117 cm³/mol. The van der Waals surface area contributed by atoms with E-state index in [-0.39, 0.29) is 23.4 Å². The largest absolute Gasteiger partial charge is 0.370 e. The molecule has 3 aromatic rings. The van der Waals surface area contributed by atoms with Gasteiger partial charge in [0.25, 0.3) is 0 Å². The van der Waals surface area contributed by atoms with E-state index in [9.17, 15) is 9.59 Å². The molecule has 1 saturated heterocycles. The Balaban J connectivity index is 1.66. The highest BCUT2D eigenvalue weighted by atomic mass is 16.1. The van der Waals surface area contributed by atoms with Crippen molar-refractivity contribution in [1.29, 1.82) is 0 Å². The minimum absolute atomic E-state index is 0.0499. The molecule has 3 heteroatoms. The van der Waals surface area contributed by atoms with Gasteiger partial charge < -0.3 is 4.90 Å². The zero-order valence-corrected chi connectivity index (χ0v) is 16.8. The summed E-state index contributed by atoms with van der Waals surface area (Å²) in [5.74, 6) is -0.610. The SMILES string of the molecule is Cc1ccc(C(=O)[C@@H]2CN(c3ccccc3)C[C@H]2C(=O)c2ccc(C)cc2)cc1. The summed E-state index contributed by atoms with van der Waals surface area (Å²) >= 11 is 0. The third-order valence-corrected chi connectivity index (χ3v) is 5.79. The van der Waals surface area contributed by atoms with Crippen LogP contribution in [0, 0.1) is 25.7 Å². The fourth-order valence-electron chi connectivity index (χ4n) is 4.05. The van der Waals surface area contributed by atoms with Gasteiger partial charge in [0.15, 0.2) is 11.6 Å². The zero-order valence-electron chi connectivity index (χ0n) is 16.8. The number of carbonyl (C=O) groups is 2. The first-order valence-electron chi connectivity index (χ1n) is 10.0. The van der Waals surface area contributed by atoms with Gasteiger partial charge in [0.05, 0.1) is 11.8 Å². The summed E-state index contributed by atoms with van der Waals surface area (Å²) in [4.78, 5) is 28.9. The Bertz CT molecular complexity index is 941. The van der Waals surface area contributed by atoms with Crippen molar-refractivity contribution in [3.63, 3.8) is 0 Å². The first kappa shape index (κ1) is 19.1. The van der Waals surface area contributed by atoms with Crippen LogP contribution in [-0.2, 0) is 0 Å². The summed E-state index contributed by atoms with van der Waals surface area (Å²) in [6, 6.07) is 25.3. The van der Waals surface area contributed by atoms with Crippen molar-refractivity contribution in [1.82, 2.24) is 0 Å². The topological polar surface area (TPSA) is 37.4 Å². The van der Waals surface area contributed by atoms with Crippen LogP contribution in [0.1, 0.15) is 31.8 Å². The van der Waals surface area contributed by atoms with Gasteiger partial charge in [-0.15, -0.1) is 0 Å². The van der Waals surface area contributed by atoms with Crippen molar-refractivity contribution in [2.75, 3.05) is 18.0 Å². The van der Waals surface area contributed by atoms with E-state index < -0.39 is 0 Å². The first-order chi connectivity index (χ1) is 14.0. The molecule has 0 aliphatic carbocycles. The highest BCUT2D eigenvalue weighted by Gasteiger charge is 2.42. The number of anilines is 1. The highest BCUT2D eigenvalue weighted by molar-refractivity contribution is 6.06. The van der Waals surface area contributed by atoms with Gasteiger partial charge >= 0.3 is 0 Å². The summed E-state index contributed by atoms with van der Waals surface area (Å²) in [5.41, 5.74) is 4.64. The van der Waals surface area contributed by atoms with Gasteiger partial charge in [-0.25, -0.2) is 0 Å². The van der Waals surface area contributed by atoms with Gasteiger partial charge in [-0.05, 0) is 26.0 Å². The Kier molecular flexibility index (Phi) is 5.30. The Morgan fingerprint density at radius 2 is 1.07 bits per heavy atom. The van der Waals surface area contributed by atoms with Crippen molar-refractivity contribution < 1.29 is 9.59 Å².